The van der Waals surface area contributed by atoms with Crippen molar-refractivity contribution in [3.8, 4) is 0 Å². The third-order valence-corrected chi connectivity index (χ3v) is 5.21. The summed E-state index contributed by atoms with van der Waals surface area (Å²) in [6.45, 7) is -1.55. The molecular formula is C6H12N2O12P4Pb4. The molecule has 0 bridgehead atoms. The van der Waals surface area contributed by atoms with E-state index >= 15 is 0 Å². The number of rotatable bonds is 11. The molecule has 8 radical (unpaired) electrons. The zero-order valence-corrected chi connectivity index (χ0v) is 33.0. The summed E-state index contributed by atoms with van der Waals surface area (Å²) in [7, 11) is -21.2. The average molecular weight is 1260 g/mol. The molecular weight excluding hydrogens is 1240 g/mol. The average Bonchev–Trinajstić information content (AvgIpc) is 2.16. The van der Waals surface area contributed by atoms with Crippen LogP contribution in [0.2, 0.25) is 0 Å². The minimum atomic E-state index is -5.30. The fraction of sp³-hybridized carbons (Fsp3) is 1.00. The summed E-state index contributed by atoms with van der Waals surface area (Å²) in [6, 6.07) is 0. The Morgan fingerprint density at radius 1 is 0.429 bits per heavy atom. The normalized spacial score (nSPS) is 12.5. The first-order chi connectivity index (χ1) is 10.4. The Labute approximate surface area is 241 Å². The van der Waals surface area contributed by atoms with E-state index in [0.29, 0.717) is 9.80 Å². The number of nitrogens with zero attached hydrogens (tertiary/aromatic N) is 2. The van der Waals surface area contributed by atoms with Crippen molar-refractivity contribution in [1.82, 2.24) is 9.80 Å². The van der Waals surface area contributed by atoms with Gasteiger partial charge in [0, 0.05) is 38.2 Å². The zero-order chi connectivity index (χ0) is 19.4. The van der Waals surface area contributed by atoms with Gasteiger partial charge < -0.3 is 57.4 Å². The van der Waals surface area contributed by atoms with E-state index in [-0.39, 0.29) is 109 Å². The van der Waals surface area contributed by atoms with E-state index in [1.54, 1.807) is 0 Å². The maximum Gasteiger partial charge on any atom is 2.00 e. The van der Waals surface area contributed by atoms with Gasteiger partial charge in [0.1, 0.15) is 0 Å². The summed E-state index contributed by atoms with van der Waals surface area (Å²) in [5, 5.41) is 0. The van der Waals surface area contributed by atoms with Crippen LogP contribution in [-0.2, 0) is 18.3 Å². The van der Waals surface area contributed by atoms with Crippen LogP contribution in [0, 0.1) is 0 Å². The topological polar surface area (TPSA) is 259 Å². The van der Waals surface area contributed by atoms with Crippen molar-refractivity contribution in [2.45, 2.75) is 0 Å². The molecule has 0 aliphatic rings. The van der Waals surface area contributed by atoms with Crippen LogP contribution in [0.3, 0.4) is 0 Å². The molecule has 0 unspecified atom stereocenters. The summed E-state index contributed by atoms with van der Waals surface area (Å²) in [4.78, 5) is 85.9. The maximum absolute atomic E-state index is 10.7. The van der Waals surface area contributed by atoms with Crippen molar-refractivity contribution in [1.29, 1.82) is 0 Å². The molecule has 0 aromatic carbocycles. The molecule has 0 aromatic heterocycles. The van der Waals surface area contributed by atoms with Crippen molar-refractivity contribution in [3.05, 3.63) is 0 Å². The van der Waals surface area contributed by atoms with E-state index in [1.807, 2.05) is 0 Å². The summed E-state index contributed by atoms with van der Waals surface area (Å²) in [5.41, 5.74) is 0. The first-order valence-electron chi connectivity index (χ1n) is 5.85. The predicted octanol–water partition coefficient (Wildman–Crippen LogP) is -8.45. The Balaban J connectivity index is -0.000000441. The van der Waals surface area contributed by atoms with Crippen LogP contribution in [0.25, 0.3) is 0 Å². The van der Waals surface area contributed by atoms with Gasteiger partial charge in [-0.25, -0.2) is 0 Å². The Kier molecular flexibility index (Phi) is 26.7. The second-order valence-corrected chi connectivity index (χ2v) is 10.8. The van der Waals surface area contributed by atoms with Crippen LogP contribution in [0.1, 0.15) is 0 Å². The molecule has 22 heteroatoms. The van der Waals surface area contributed by atoms with Crippen molar-refractivity contribution in [2.75, 3.05) is 38.2 Å². The van der Waals surface area contributed by atoms with Gasteiger partial charge in [-0.15, -0.1) is 0 Å². The van der Waals surface area contributed by atoms with Crippen LogP contribution in [-0.4, -0.2) is 157 Å². The minimum absolute atomic E-state index is 0. The molecule has 0 fully saturated rings. The van der Waals surface area contributed by atoms with E-state index in [9.17, 15) is 57.4 Å². The van der Waals surface area contributed by atoms with E-state index in [0.717, 1.165) is 0 Å². The molecule has 0 rings (SSSR count). The van der Waals surface area contributed by atoms with Crippen molar-refractivity contribution in [3.63, 3.8) is 0 Å². The third kappa shape index (κ3) is 30.2. The molecule has 0 saturated carbocycles. The van der Waals surface area contributed by atoms with Gasteiger partial charge in [-0.3, -0.25) is 9.80 Å². The summed E-state index contributed by atoms with van der Waals surface area (Å²) >= 11 is 0. The molecule has 0 aromatic rings. The van der Waals surface area contributed by atoms with Gasteiger partial charge >= 0.3 is 109 Å². The standard InChI is InChI=1S/C6H20N2O12P4.4Pb/c9-21(10,11)3-7(4-22(12,13)14)1-2-8(5-23(15,16)17)6-24(18,19)20;;;;/h1-6H2,(H2,9,10,11)(H2,12,13,14)(H2,15,16,17)(H2,18,19,20);;;;/q;4*+2/p-8. The van der Waals surface area contributed by atoms with E-state index in [4.69, 9.17) is 0 Å². The SMILES string of the molecule is O=P([O-])([O-])CN(CCN(CP(=O)([O-])[O-])CP(=O)([O-])[O-])CP(=O)([O-])[O-].[Pb+2].[Pb+2].[Pb+2].[Pb+2]. The molecule has 0 heterocycles. The Morgan fingerprint density at radius 3 is 0.679 bits per heavy atom. The molecule has 28 heavy (non-hydrogen) atoms. The van der Waals surface area contributed by atoms with Gasteiger partial charge in [-0.2, -0.15) is 0 Å². The smallest absolute Gasteiger partial charge is 0.810 e. The quantitative estimate of drug-likeness (QED) is 0.138. The number of hydrogen-bond acceptors (Lipinski definition) is 14. The zero-order valence-electron chi connectivity index (χ0n) is 13.8. The van der Waals surface area contributed by atoms with E-state index in [2.05, 4.69) is 0 Å². The Morgan fingerprint density at radius 2 is 0.571 bits per heavy atom. The van der Waals surface area contributed by atoms with Gasteiger partial charge in [0.2, 0.25) is 0 Å². The predicted molar refractivity (Wildman–Crippen MR) is 86.3 cm³/mol. The van der Waals surface area contributed by atoms with Crippen LogP contribution >= 0.6 is 30.4 Å². The largest absolute Gasteiger partial charge is 2.00 e. The van der Waals surface area contributed by atoms with Gasteiger partial charge in [0.05, 0.1) is 0 Å². The minimum Gasteiger partial charge on any atom is -0.810 e. The van der Waals surface area contributed by atoms with Crippen LogP contribution in [0.15, 0.2) is 0 Å². The summed E-state index contributed by atoms with van der Waals surface area (Å²) in [6.07, 6.45) is -5.63. The second kappa shape index (κ2) is 17.6. The molecule has 0 N–H and O–H groups in total. The Bertz CT molecular complexity index is 503. The molecule has 0 amide bonds. The first kappa shape index (κ1) is 42.4. The fourth-order valence-electron chi connectivity index (χ4n) is 1.63. The summed E-state index contributed by atoms with van der Waals surface area (Å²) in [5.74, 6) is 0. The monoisotopic (exact) mass is 1260 g/mol. The first-order valence-corrected chi connectivity index (χ1v) is 12.8. The molecule has 154 valence electrons. The molecule has 0 aliphatic carbocycles. The molecule has 0 atom stereocenters. The van der Waals surface area contributed by atoms with Crippen LogP contribution in [0.5, 0.6) is 0 Å². The van der Waals surface area contributed by atoms with Crippen molar-refractivity contribution < 1.29 is 57.4 Å². The van der Waals surface area contributed by atoms with Crippen LogP contribution < -0.4 is 39.1 Å². The second-order valence-electron chi connectivity index (χ2n) is 4.80. The fourth-order valence-corrected chi connectivity index (χ4v) is 4.88. The molecule has 0 spiro atoms. The van der Waals surface area contributed by atoms with Crippen molar-refractivity contribution in [2.24, 2.45) is 0 Å². The van der Waals surface area contributed by atoms with Gasteiger partial charge in [-0.1, -0.05) is 30.4 Å². The van der Waals surface area contributed by atoms with Gasteiger partial charge in [0.15, 0.2) is 0 Å². The van der Waals surface area contributed by atoms with Crippen LogP contribution in [0.4, 0.5) is 0 Å². The number of hydrogen-bond donors (Lipinski definition) is 0. The molecule has 0 saturated heterocycles. The maximum atomic E-state index is 10.7. The Hall–Kier alpha value is 4.21. The summed E-state index contributed by atoms with van der Waals surface area (Å²) < 4.78 is 42.7. The van der Waals surface area contributed by atoms with Gasteiger partial charge in [-0.05, 0) is 0 Å². The van der Waals surface area contributed by atoms with Crippen molar-refractivity contribution >= 4 is 140 Å². The molecule has 14 nitrogen and oxygen atoms in total. The van der Waals surface area contributed by atoms with Gasteiger partial charge in [0.25, 0.3) is 0 Å². The molecule has 0 aliphatic heterocycles. The third-order valence-electron chi connectivity index (χ3n) is 2.23. The van der Waals surface area contributed by atoms with E-state index < -0.39 is 68.6 Å². The van der Waals surface area contributed by atoms with E-state index in [1.165, 1.54) is 0 Å².